The summed E-state index contributed by atoms with van der Waals surface area (Å²) in [5.41, 5.74) is 5.37. The van der Waals surface area contributed by atoms with Crippen molar-refractivity contribution in [3.8, 4) is 0 Å². The van der Waals surface area contributed by atoms with Crippen LogP contribution in [-0.2, 0) is 0 Å². The van der Waals surface area contributed by atoms with Crippen molar-refractivity contribution in [2.45, 2.75) is 0 Å². The van der Waals surface area contributed by atoms with Gasteiger partial charge in [-0.1, -0.05) is 11.2 Å². The number of aromatic nitrogens is 1. The van der Waals surface area contributed by atoms with Crippen molar-refractivity contribution in [3.63, 3.8) is 0 Å². The van der Waals surface area contributed by atoms with Gasteiger partial charge in [0.1, 0.15) is 12.2 Å². The van der Waals surface area contributed by atoms with Gasteiger partial charge in [-0.2, -0.15) is 0 Å². The summed E-state index contributed by atoms with van der Waals surface area (Å²) in [5, 5.41) is 11.2. The Kier molecular flexibility index (Phi) is 3.15. The van der Waals surface area contributed by atoms with E-state index in [4.69, 9.17) is 23.2 Å². The zero-order valence-electron chi connectivity index (χ0n) is 6.66. The Bertz CT molecular complexity index is 314. The SMILES string of the molecule is NC(=S)N(C=NO)c1ccccn1. The van der Waals surface area contributed by atoms with Crippen LogP contribution >= 0.6 is 12.2 Å². The second-order valence-electron chi connectivity index (χ2n) is 2.13. The molecule has 0 bridgehead atoms. The van der Waals surface area contributed by atoms with Crippen molar-refractivity contribution in [2.24, 2.45) is 10.9 Å². The van der Waals surface area contributed by atoms with Gasteiger partial charge in [0.05, 0.1) is 0 Å². The van der Waals surface area contributed by atoms with Gasteiger partial charge in [0.2, 0.25) is 0 Å². The van der Waals surface area contributed by atoms with Crippen molar-refractivity contribution in [2.75, 3.05) is 4.90 Å². The zero-order valence-corrected chi connectivity index (χ0v) is 7.48. The number of thiocarbonyl (C=S) groups is 1. The topological polar surface area (TPSA) is 74.7 Å². The predicted octanol–water partition coefficient (Wildman–Crippen LogP) is 0.549. The van der Waals surface area contributed by atoms with Crippen LogP contribution in [0.3, 0.4) is 0 Å². The molecule has 0 saturated carbocycles. The number of nitrogens with two attached hydrogens (primary N) is 1. The molecule has 1 rings (SSSR count). The van der Waals surface area contributed by atoms with E-state index < -0.39 is 0 Å². The summed E-state index contributed by atoms with van der Waals surface area (Å²) in [6, 6.07) is 5.23. The van der Waals surface area contributed by atoms with Gasteiger partial charge in [-0.05, 0) is 24.4 Å². The minimum atomic E-state index is 0.0662. The first-order valence-corrected chi connectivity index (χ1v) is 3.84. The molecular weight excluding hydrogens is 188 g/mol. The van der Waals surface area contributed by atoms with E-state index in [2.05, 4.69) is 10.1 Å². The lowest BCUT2D eigenvalue weighted by atomic mass is 10.4. The number of oxime groups is 1. The summed E-state index contributed by atoms with van der Waals surface area (Å²) in [5.74, 6) is 0.507. The van der Waals surface area contributed by atoms with Gasteiger partial charge in [-0.25, -0.2) is 4.98 Å². The third-order valence-electron chi connectivity index (χ3n) is 1.30. The minimum Gasteiger partial charge on any atom is -0.410 e. The van der Waals surface area contributed by atoms with Crippen molar-refractivity contribution in [3.05, 3.63) is 24.4 Å². The molecule has 1 heterocycles. The largest absolute Gasteiger partial charge is 0.410 e. The zero-order chi connectivity index (χ0) is 9.68. The van der Waals surface area contributed by atoms with E-state index in [1.54, 1.807) is 24.4 Å². The minimum absolute atomic E-state index is 0.0662. The molecule has 13 heavy (non-hydrogen) atoms. The highest BCUT2D eigenvalue weighted by Crippen LogP contribution is 2.06. The first kappa shape index (κ1) is 9.40. The van der Waals surface area contributed by atoms with Gasteiger partial charge >= 0.3 is 0 Å². The lowest BCUT2D eigenvalue weighted by Gasteiger charge is -2.14. The lowest BCUT2D eigenvalue weighted by molar-refractivity contribution is 0.321. The third-order valence-corrected chi connectivity index (χ3v) is 1.50. The Labute approximate surface area is 80.5 Å². The van der Waals surface area contributed by atoms with Crippen LogP contribution in [0, 0.1) is 0 Å². The van der Waals surface area contributed by atoms with Crippen molar-refractivity contribution < 1.29 is 5.21 Å². The first-order chi connectivity index (χ1) is 6.25. The van der Waals surface area contributed by atoms with E-state index in [1.165, 1.54) is 4.90 Å². The number of hydrogen-bond acceptors (Lipinski definition) is 4. The lowest BCUT2D eigenvalue weighted by Crippen LogP contribution is -2.34. The van der Waals surface area contributed by atoms with E-state index in [1.807, 2.05) is 0 Å². The number of rotatable bonds is 2. The van der Waals surface area contributed by atoms with Crippen LogP contribution in [0.4, 0.5) is 5.82 Å². The highest BCUT2D eigenvalue weighted by Gasteiger charge is 2.06. The maximum Gasteiger partial charge on any atom is 0.177 e. The molecule has 0 radical (unpaired) electrons. The highest BCUT2D eigenvalue weighted by atomic mass is 32.1. The van der Waals surface area contributed by atoms with Gasteiger partial charge < -0.3 is 10.9 Å². The molecule has 0 saturated heterocycles. The number of anilines is 1. The average Bonchev–Trinajstić information content (AvgIpc) is 2.15. The Morgan fingerprint density at radius 2 is 2.46 bits per heavy atom. The monoisotopic (exact) mass is 196 g/mol. The third kappa shape index (κ3) is 2.38. The van der Waals surface area contributed by atoms with Crippen LogP contribution in [-0.4, -0.2) is 21.6 Å². The molecular formula is C7H8N4OS. The van der Waals surface area contributed by atoms with Crippen LogP contribution in [0.25, 0.3) is 0 Å². The normalized spacial score (nSPS) is 10.2. The number of pyridine rings is 1. The van der Waals surface area contributed by atoms with Crippen LogP contribution in [0.5, 0.6) is 0 Å². The molecule has 3 N–H and O–H groups in total. The Morgan fingerprint density at radius 1 is 1.69 bits per heavy atom. The second-order valence-corrected chi connectivity index (χ2v) is 2.55. The summed E-state index contributed by atoms with van der Waals surface area (Å²) in [7, 11) is 0. The molecule has 0 amide bonds. The van der Waals surface area contributed by atoms with Gasteiger partial charge in [0.25, 0.3) is 0 Å². The molecule has 0 aliphatic rings. The fraction of sp³-hybridized carbons (Fsp3) is 0. The molecule has 1 aromatic heterocycles. The summed E-state index contributed by atoms with van der Waals surface area (Å²) in [6.45, 7) is 0. The molecule has 0 aliphatic heterocycles. The Balaban J connectivity index is 2.96. The van der Waals surface area contributed by atoms with Crippen LogP contribution < -0.4 is 10.6 Å². The molecule has 0 fully saturated rings. The van der Waals surface area contributed by atoms with Crippen molar-refractivity contribution in [1.29, 1.82) is 0 Å². The standard InChI is InChI=1S/C7H8N4OS/c8-7(13)11(5-10-12)6-3-1-2-4-9-6/h1-5,12H,(H2,8,13). The van der Waals surface area contributed by atoms with Crippen LogP contribution in [0.1, 0.15) is 0 Å². The highest BCUT2D eigenvalue weighted by molar-refractivity contribution is 7.80. The van der Waals surface area contributed by atoms with E-state index in [-0.39, 0.29) is 5.11 Å². The second kappa shape index (κ2) is 4.36. The summed E-state index contributed by atoms with van der Waals surface area (Å²) in [6.07, 6.45) is 2.68. The summed E-state index contributed by atoms with van der Waals surface area (Å²) < 4.78 is 0. The number of hydrogen-bond donors (Lipinski definition) is 2. The van der Waals surface area contributed by atoms with Crippen molar-refractivity contribution in [1.82, 2.24) is 4.98 Å². The fourth-order valence-corrected chi connectivity index (χ4v) is 0.918. The maximum atomic E-state index is 8.33. The maximum absolute atomic E-state index is 8.33. The predicted molar refractivity (Wildman–Crippen MR) is 53.8 cm³/mol. The molecule has 6 heteroatoms. The van der Waals surface area contributed by atoms with Gasteiger partial charge in [0.15, 0.2) is 5.11 Å². The van der Waals surface area contributed by atoms with E-state index >= 15 is 0 Å². The quantitative estimate of drug-likeness (QED) is 0.237. The van der Waals surface area contributed by atoms with Crippen LogP contribution in [0.2, 0.25) is 0 Å². The van der Waals surface area contributed by atoms with Gasteiger partial charge in [-0.15, -0.1) is 0 Å². The van der Waals surface area contributed by atoms with E-state index in [0.717, 1.165) is 6.34 Å². The van der Waals surface area contributed by atoms with Gasteiger partial charge in [0, 0.05) is 6.20 Å². The summed E-state index contributed by atoms with van der Waals surface area (Å²) in [4.78, 5) is 5.26. The molecule has 0 unspecified atom stereocenters. The summed E-state index contributed by atoms with van der Waals surface area (Å²) >= 11 is 4.73. The molecule has 0 atom stereocenters. The first-order valence-electron chi connectivity index (χ1n) is 3.43. The number of nitrogens with zero attached hydrogens (tertiary/aromatic N) is 3. The molecule has 5 nitrogen and oxygen atoms in total. The molecule has 68 valence electrons. The van der Waals surface area contributed by atoms with Crippen molar-refractivity contribution >= 4 is 29.5 Å². The Hall–Kier alpha value is -1.69. The Morgan fingerprint density at radius 3 is 2.92 bits per heavy atom. The smallest absolute Gasteiger partial charge is 0.177 e. The molecule has 0 spiro atoms. The van der Waals surface area contributed by atoms with E-state index in [0.29, 0.717) is 5.82 Å². The molecule has 1 aromatic rings. The van der Waals surface area contributed by atoms with Gasteiger partial charge in [-0.3, -0.25) is 4.90 Å². The van der Waals surface area contributed by atoms with Crippen LogP contribution in [0.15, 0.2) is 29.6 Å². The van der Waals surface area contributed by atoms with E-state index in [9.17, 15) is 0 Å². The molecule has 0 aliphatic carbocycles. The average molecular weight is 196 g/mol. The molecule has 0 aromatic carbocycles. The fourth-order valence-electron chi connectivity index (χ4n) is 0.777.